The molecule has 0 unspecified atom stereocenters. The lowest BCUT2D eigenvalue weighted by atomic mass is 10.4. The van der Waals surface area contributed by atoms with Gasteiger partial charge in [0, 0.05) is 0 Å². The highest BCUT2D eigenvalue weighted by molar-refractivity contribution is 7.14. The molecule has 0 saturated carbocycles. The number of rotatable bonds is 2. The summed E-state index contributed by atoms with van der Waals surface area (Å²) in [5.41, 5.74) is 6.28. The number of nitrogens with one attached hydrogen (secondary N) is 2. The van der Waals surface area contributed by atoms with Crippen LogP contribution in [0.15, 0.2) is 22.6 Å². The van der Waals surface area contributed by atoms with E-state index in [1.807, 2.05) is 24.4 Å². The normalized spacial score (nSPS) is 16.2. The quantitative estimate of drug-likeness (QED) is 0.776. The van der Waals surface area contributed by atoms with E-state index in [9.17, 15) is 4.79 Å². The molecule has 0 bridgehead atoms. The summed E-state index contributed by atoms with van der Waals surface area (Å²) < 4.78 is 0. The Kier molecular flexibility index (Phi) is 2.36. The van der Waals surface area contributed by atoms with E-state index in [1.165, 1.54) is 5.01 Å². The fraction of sp³-hybridized carbons (Fsp3) is 0.250. The average molecular weight is 210 g/mol. The van der Waals surface area contributed by atoms with E-state index in [1.54, 1.807) is 11.3 Å². The molecule has 1 aromatic rings. The van der Waals surface area contributed by atoms with Crippen LogP contribution in [0.2, 0.25) is 0 Å². The van der Waals surface area contributed by atoms with Crippen LogP contribution in [-0.4, -0.2) is 23.3 Å². The molecule has 1 aliphatic rings. The molecule has 0 atom stereocenters. The lowest BCUT2D eigenvalue weighted by molar-refractivity contribution is 0.211. The standard InChI is InChI=1S/C8H10N4OS/c1-6-5-12(8(13)10-9-6)11-7-3-2-4-14-7/h2-4,11H,5H2,1H3,(H,10,13). The van der Waals surface area contributed by atoms with Gasteiger partial charge in [-0.25, -0.2) is 15.2 Å². The minimum Gasteiger partial charge on any atom is -0.284 e. The third-order valence-corrected chi connectivity index (χ3v) is 2.52. The first-order valence-electron chi connectivity index (χ1n) is 4.16. The van der Waals surface area contributed by atoms with E-state index in [2.05, 4.69) is 16.0 Å². The van der Waals surface area contributed by atoms with Gasteiger partial charge in [-0.05, 0) is 24.4 Å². The molecule has 0 saturated heterocycles. The van der Waals surface area contributed by atoms with Gasteiger partial charge in [-0.15, -0.1) is 11.3 Å². The monoisotopic (exact) mass is 210 g/mol. The van der Waals surface area contributed by atoms with Gasteiger partial charge >= 0.3 is 6.03 Å². The summed E-state index contributed by atoms with van der Waals surface area (Å²) in [6, 6.07) is 3.61. The summed E-state index contributed by atoms with van der Waals surface area (Å²) >= 11 is 1.55. The van der Waals surface area contributed by atoms with Gasteiger partial charge in [0.1, 0.15) is 5.00 Å². The van der Waals surface area contributed by atoms with E-state index in [0.717, 1.165) is 10.7 Å². The number of nitrogens with zero attached hydrogens (tertiary/aromatic N) is 2. The Morgan fingerprint density at radius 1 is 1.71 bits per heavy atom. The predicted octanol–water partition coefficient (Wildman–Crippen LogP) is 1.48. The SMILES string of the molecule is CC1=NNC(=O)N(Nc2cccs2)C1. The second-order valence-corrected chi connectivity index (χ2v) is 3.89. The highest BCUT2D eigenvalue weighted by Gasteiger charge is 2.18. The predicted molar refractivity (Wildman–Crippen MR) is 56.3 cm³/mol. The minimum absolute atomic E-state index is 0.232. The van der Waals surface area contributed by atoms with Crippen LogP contribution in [-0.2, 0) is 0 Å². The number of urea groups is 1. The van der Waals surface area contributed by atoms with Crippen molar-refractivity contribution in [3.63, 3.8) is 0 Å². The summed E-state index contributed by atoms with van der Waals surface area (Å²) in [6.45, 7) is 2.37. The summed E-state index contributed by atoms with van der Waals surface area (Å²) in [7, 11) is 0. The number of hydrazine groups is 1. The second-order valence-electron chi connectivity index (χ2n) is 2.94. The van der Waals surface area contributed by atoms with Crippen molar-refractivity contribution in [2.45, 2.75) is 6.92 Å². The van der Waals surface area contributed by atoms with E-state index in [4.69, 9.17) is 0 Å². The smallest absolute Gasteiger partial charge is 0.284 e. The molecule has 5 nitrogen and oxygen atoms in total. The molecular weight excluding hydrogens is 200 g/mol. The Bertz CT molecular complexity index is 359. The Morgan fingerprint density at radius 2 is 2.57 bits per heavy atom. The fourth-order valence-electron chi connectivity index (χ4n) is 1.11. The Balaban J connectivity index is 2.05. The lowest BCUT2D eigenvalue weighted by Gasteiger charge is -2.25. The number of hydrazone groups is 1. The average Bonchev–Trinajstić information content (AvgIpc) is 2.64. The maximum atomic E-state index is 11.3. The van der Waals surface area contributed by atoms with Crippen molar-refractivity contribution in [2.75, 3.05) is 12.0 Å². The molecule has 0 spiro atoms. The van der Waals surface area contributed by atoms with Crippen LogP contribution in [0.1, 0.15) is 6.92 Å². The Morgan fingerprint density at radius 3 is 3.29 bits per heavy atom. The van der Waals surface area contributed by atoms with Crippen LogP contribution < -0.4 is 10.9 Å². The highest BCUT2D eigenvalue weighted by atomic mass is 32.1. The van der Waals surface area contributed by atoms with Crippen molar-refractivity contribution < 1.29 is 4.79 Å². The molecule has 74 valence electrons. The largest absolute Gasteiger partial charge is 0.356 e. The van der Waals surface area contributed by atoms with Gasteiger partial charge in [-0.2, -0.15) is 5.10 Å². The van der Waals surface area contributed by atoms with Gasteiger partial charge in [-0.1, -0.05) is 0 Å². The van der Waals surface area contributed by atoms with Crippen LogP contribution in [0.4, 0.5) is 9.80 Å². The first kappa shape index (κ1) is 9.01. The number of hydrogen-bond acceptors (Lipinski definition) is 4. The van der Waals surface area contributed by atoms with Gasteiger partial charge in [-0.3, -0.25) is 5.43 Å². The lowest BCUT2D eigenvalue weighted by Crippen LogP contribution is -2.48. The number of anilines is 1. The van der Waals surface area contributed by atoms with Crippen molar-refractivity contribution >= 4 is 28.1 Å². The minimum atomic E-state index is -0.232. The molecule has 14 heavy (non-hydrogen) atoms. The molecule has 0 radical (unpaired) electrons. The third-order valence-electron chi connectivity index (χ3n) is 1.74. The molecule has 6 heteroatoms. The molecule has 1 aliphatic heterocycles. The van der Waals surface area contributed by atoms with Crippen LogP contribution >= 0.6 is 11.3 Å². The first-order chi connectivity index (χ1) is 6.75. The summed E-state index contributed by atoms with van der Waals surface area (Å²) in [6.07, 6.45) is 0. The fourth-order valence-corrected chi connectivity index (χ4v) is 1.73. The van der Waals surface area contributed by atoms with Gasteiger partial charge in [0.2, 0.25) is 0 Å². The van der Waals surface area contributed by atoms with E-state index >= 15 is 0 Å². The second kappa shape index (κ2) is 3.67. The molecule has 0 fully saturated rings. The number of carbonyl (C=O) groups is 1. The molecule has 2 rings (SSSR count). The molecule has 2 amide bonds. The highest BCUT2D eigenvalue weighted by Crippen LogP contribution is 2.16. The van der Waals surface area contributed by atoms with Crippen molar-refractivity contribution in [3.05, 3.63) is 17.5 Å². The van der Waals surface area contributed by atoms with Crippen molar-refractivity contribution in [1.82, 2.24) is 10.4 Å². The maximum absolute atomic E-state index is 11.3. The summed E-state index contributed by atoms with van der Waals surface area (Å²) in [5.74, 6) is 0. The molecule has 2 heterocycles. The Hall–Kier alpha value is -1.56. The van der Waals surface area contributed by atoms with Crippen molar-refractivity contribution in [1.29, 1.82) is 0 Å². The maximum Gasteiger partial charge on any atom is 0.356 e. The van der Waals surface area contributed by atoms with Gasteiger partial charge in [0.25, 0.3) is 0 Å². The van der Waals surface area contributed by atoms with Crippen LogP contribution in [0.25, 0.3) is 0 Å². The van der Waals surface area contributed by atoms with E-state index < -0.39 is 0 Å². The number of carbonyl (C=O) groups excluding carboxylic acids is 1. The van der Waals surface area contributed by atoms with Crippen molar-refractivity contribution in [2.24, 2.45) is 5.10 Å². The third kappa shape index (κ3) is 1.85. The summed E-state index contributed by atoms with van der Waals surface area (Å²) in [5, 5.41) is 8.21. The van der Waals surface area contributed by atoms with Crippen molar-refractivity contribution in [3.8, 4) is 0 Å². The first-order valence-corrected chi connectivity index (χ1v) is 5.04. The van der Waals surface area contributed by atoms with Crippen LogP contribution in [0, 0.1) is 0 Å². The van der Waals surface area contributed by atoms with E-state index in [-0.39, 0.29) is 6.03 Å². The van der Waals surface area contributed by atoms with Gasteiger partial charge in [0.05, 0.1) is 12.3 Å². The van der Waals surface area contributed by atoms with Crippen LogP contribution in [0.5, 0.6) is 0 Å². The molecule has 2 N–H and O–H groups in total. The number of thiophene rings is 1. The van der Waals surface area contributed by atoms with E-state index in [0.29, 0.717) is 6.54 Å². The molecule has 0 aromatic carbocycles. The zero-order valence-corrected chi connectivity index (χ0v) is 8.47. The zero-order chi connectivity index (χ0) is 9.97. The molecule has 1 aromatic heterocycles. The zero-order valence-electron chi connectivity index (χ0n) is 7.65. The number of amides is 2. The van der Waals surface area contributed by atoms with Gasteiger partial charge < -0.3 is 0 Å². The molecule has 0 aliphatic carbocycles. The molecular formula is C8H10N4OS. The van der Waals surface area contributed by atoms with Gasteiger partial charge in [0.15, 0.2) is 0 Å². The Labute approximate surface area is 85.4 Å². The topological polar surface area (TPSA) is 56.7 Å². The summed E-state index contributed by atoms with van der Waals surface area (Å²) in [4.78, 5) is 11.3. The van der Waals surface area contributed by atoms with Crippen LogP contribution in [0.3, 0.4) is 0 Å². The number of hydrogen-bond donors (Lipinski definition) is 2.